The van der Waals surface area contributed by atoms with Gasteiger partial charge in [-0.2, -0.15) is 0 Å². The molecule has 1 amide bonds. The van der Waals surface area contributed by atoms with Crippen LogP contribution >= 0.6 is 15.9 Å². The van der Waals surface area contributed by atoms with Crippen LogP contribution < -0.4 is 4.74 Å². The fourth-order valence-corrected chi connectivity index (χ4v) is 3.41. The number of ether oxygens (including phenoxy) is 2. The molecule has 0 N–H and O–H groups in total. The lowest BCUT2D eigenvalue weighted by Gasteiger charge is -2.31. The van der Waals surface area contributed by atoms with Gasteiger partial charge < -0.3 is 14.4 Å². The third kappa shape index (κ3) is 5.73. The highest BCUT2D eigenvalue weighted by atomic mass is 79.9. The van der Waals surface area contributed by atoms with Crippen LogP contribution in [0.1, 0.15) is 50.4 Å². The molecular formula is C20H28BrNO4. The summed E-state index contributed by atoms with van der Waals surface area (Å²) in [5.41, 5.74) is 0.627. The van der Waals surface area contributed by atoms with Crippen molar-refractivity contribution < 1.29 is 19.1 Å². The fraction of sp³-hybridized carbons (Fsp3) is 0.600. The van der Waals surface area contributed by atoms with Crippen LogP contribution in [-0.2, 0) is 9.53 Å². The van der Waals surface area contributed by atoms with Crippen LogP contribution in [0.2, 0.25) is 0 Å². The monoisotopic (exact) mass is 425 g/mol. The Hall–Kier alpha value is -1.56. The quantitative estimate of drug-likeness (QED) is 0.611. The van der Waals surface area contributed by atoms with Crippen LogP contribution in [0.4, 0.5) is 0 Å². The molecule has 1 heterocycles. The number of esters is 1. The van der Waals surface area contributed by atoms with Gasteiger partial charge in [0.2, 0.25) is 0 Å². The Morgan fingerprint density at radius 2 is 1.96 bits per heavy atom. The molecule has 1 saturated heterocycles. The highest BCUT2D eigenvalue weighted by Gasteiger charge is 2.28. The molecule has 26 heavy (non-hydrogen) atoms. The van der Waals surface area contributed by atoms with E-state index in [1.165, 1.54) is 0 Å². The van der Waals surface area contributed by atoms with Crippen molar-refractivity contribution >= 4 is 27.8 Å². The van der Waals surface area contributed by atoms with Crippen molar-refractivity contribution in [2.45, 2.75) is 40.0 Å². The number of likely N-dealkylation sites (tertiary alicyclic amines) is 1. The molecule has 2 rings (SSSR count). The SMILES string of the molecule is CCOC(=O)C1CCN(C(=O)c2ccc(OCCC(C)C)c(Br)c2)CC1. The number of rotatable bonds is 7. The molecule has 1 aliphatic heterocycles. The summed E-state index contributed by atoms with van der Waals surface area (Å²) in [5.74, 6) is 1.09. The first-order valence-electron chi connectivity index (χ1n) is 9.30. The van der Waals surface area contributed by atoms with Crippen LogP contribution in [0.25, 0.3) is 0 Å². The maximum absolute atomic E-state index is 12.7. The Labute approximate surface area is 164 Å². The van der Waals surface area contributed by atoms with E-state index in [9.17, 15) is 9.59 Å². The van der Waals surface area contributed by atoms with E-state index in [0.29, 0.717) is 50.6 Å². The average molecular weight is 426 g/mol. The maximum atomic E-state index is 12.7. The van der Waals surface area contributed by atoms with Crippen molar-refractivity contribution in [1.82, 2.24) is 4.90 Å². The highest BCUT2D eigenvalue weighted by molar-refractivity contribution is 9.10. The standard InChI is InChI=1S/C20H28BrNO4/c1-4-25-20(24)15-7-10-22(11-8-15)19(23)16-5-6-18(17(21)13-16)26-12-9-14(2)3/h5-6,13-15H,4,7-12H2,1-3H3. The molecule has 0 saturated carbocycles. The third-order valence-corrected chi connectivity index (χ3v) is 5.15. The molecule has 144 valence electrons. The number of nitrogens with zero attached hydrogens (tertiary/aromatic N) is 1. The second-order valence-electron chi connectivity index (χ2n) is 6.99. The molecular weight excluding hydrogens is 398 g/mol. The molecule has 0 bridgehead atoms. The molecule has 0 aliphatic carbocycles. The van der Waals surface area contributed by atoms with E-state index in [1.807, 2.05) is 19.1 Å². The zero-order chi connectivity index (χ0) is 19.1. The van der Waals surface area contributed by atoms with Crippen molar-refractivity contribution in [2.75, 3.05) is 26.3 Å². The summed E-state index contributed by atoms with van der Waals surface area (Å²) in [7, 11) is 0. The predicted octanol–water partition coefficient (Wildman–Crippen LogP) is 4.29. The summed E-state index contributed by atoms with van der Waals surface area (Å²) >= 11 is 3.50. The highest BCUT2D eigenvalue weighted by Crippen LogP contribution is 2.28. The average Bonchev–Trinajstić information content (AvgIpc) is 2.62. The first-order valence-corrected chi connectivity index (χ1v) is 10.1. The smallest absolute Gasteiger partial charge is 0.309 e. The van der Waals surface area contributed by atoms with Gasteiger partial charge in [0.05, 0.1) is 23.6 Å². The molecule has 0 unspecified atom stereocenters. The number of carbonyl (C=O) groups excluding carboxylic acids is 2. The number of halogens is 1. The predicted molar refractivity (Wildman–Crippen MR) is 104 cm³/mol. The number of hydrogen-bond acceptors (Lipinski definition) is 4. The summed E-state index contributed by atoms with van der Waals surface area (Å²) < 4.78 is 11.6. The van der Waals surface area contributed by atoms with E-state index in [2.05, 4.69) is 29.8 Å². The molecule has 0 aromatic heterocycles. The van der Waals surface area contributed by atoms with Crippen molar-refractivity contribution in [2.24, 2.45) is 11.8 Å². The van der Waals surface area contributed by atoms with Gasteiger partial charge in [0.1, 0.15) is 5.75 Å². The Morgan fingerprint density at radius 1 is 1.27 bits per heavy atom. The molecule has 1 fully saturated rings. The van der Waals surface area contributed by atoms with E-state index >= 15 is 0 Å². The summed E-state index contributed by atoms with van der Waals surface area (Å²) in [6, 6.07) is 5.45. The van der Waals surface area contributed by atoms with Crippen molar-refractivity contribution in [3.8, 4) is 5.75 Å². The molecule has 1 aromatic carbocycles. The molecule has 0 radical (unpaired) electrons. The largest absolute Gasteiger partial charge is 0.492 e. The summed E-state index contributed by atoms with van der Waals surface area (Å²) in [5, 5.41) is 0. The number of hydrogen-bond donors (Lipinski definition) is 0. The van der Waals surface area contributed by atoms with Crippen LogP contribution in [0.5, 0.6) is 5.75 Å². The second-order valence-corrected chi connectivity index (χ2v) is 7.85. The number of amides is 1. The van der Waals surface area contributed by atoms with Gasteiger partial charge in [-0.1, -0.05) is 13.8 Å². The van der Waals surface area contributed by atoms with Gasteiger partial charge in [0.25, 0.3) is 5.91 Å². The number of benzene rings is 1. The Balaban J connectivity index is 1.91. The Bertz CT molecular complexity index is 624. The van der Waals surface area contributed by atoms with Crippen LogP contribution in [-0.4, -0.2) is 43.1 Å². The summed E-state index contributed by atoms with van der Waals surface area (Å²) in [6.45, 7) is 8.34. The lowest BCUT2D eigenvalue weighted by molar-refractivity contribution is -0.149. The second kappa shape index (κ2) is 9.95. The Kier molecular flexibility index (Phi) is 7.94. The van der Waals surface area contributed by atoms with E-state index in [0.717, 1.165) is 16.6 Å². The molecule has 0 spiro atoms. The Morgan fingerprint density at radius 3 is 2.54 bits per heavy atom. The fourth-order valence-electron chi connectivity index (χ4n) is 2.92. The third-order valence-electron chi connectivity index (χ3n) is 4.53. The zero-order valence-corrected chi connectivity index (χ0v) is 17.4. The lowest BCUT2D eigenvalue weighted by atomic mass is 9.96. The zero-order valence-electron chi connectivity index (χ0n) is 15.8. The number of piperidine rings is 1. The van der Waals surface area contributed by atoms with Gasteiger partial charge in [-0.15, -0.1) is 0 Å². The normalized spacial score (nSPS) is 15.2. The van der Waals surface area contributed by atoms with E-state index < -0.39 is 0 Å². The first-order chi connectivity index (χ1) is 12.4. The van der Waals surface area contributed by atoms with Crippen LogP contribution in [0.15, 0.2) is 22.7 Å². The lowest BCUT2D eigenvalue weighted by Crippen LogP contribution is -2.40. The van der Waals surface area contributed by atoms with Crippen LogP contribution in [0.3, 0.4) is 0 Å². The first kappa shape index (κ1) is 20.7. The topological polar surface area (TPSA) is 55.8 Å². The molecule has 6 heteroatoms. The molecule has 1 aliphatic rings. The summed E-state index contributed by atoms with van der Waals surface area (Å²) in [6.07, 6.45) is 2.30. The minimum absolute atomic E-state index is 0.0123. The van der Waals surface area contributed by atoms with Gasteiger partial charge in [-0.05, 0) is 66.2 Å². The van der Waals surface area contributed by atoms with Gasteiger partial charge in [0, 0.05) is 18.7 Å². The van der Waals surface area contributed by atoms with Gasteiger partial charge in [-0.25, -0.2) is 0 Å². The van der Waals surface area contributed by atoms with Gasteiger partial charge in [-0.3, -0.25) is 9.59 Å². The van der Waals surface area contributed by atoms with Crippen molar-refractivity contribution in [3.05, 3.63) is 28.2 Å². The molecule has 5 nitrogen and oxygen atoms in total. The van der Waals surface area contributed by atoms with E-state index in [-0.39, 0.29) is 17.8 Å². The van der Waals surface area contributed by atoms with Gasteiger partial charge in [0.15, 0.2) is 0 Å². The van der Waals surface area contributed by atoms with Crippen molar-refractivity contribution in [1.29, 1.82) is 0 Å². The van der Waals surface area contributed by atoms with Crippen molar-refractivity contribution in [3.63, 3.8) is 0 Å². The minimum atomic E-state index is -0.148. The number of carbonyl (C=O) groups is 2. The molecule has 1 aromatic rings. The van der Waals surface area contributed by atoms with Gasteiger partial charge >= 0.3 is 5.97 Å². The maximum Gasteiger partial charge on any atom is 0.309 e. The summed E-state index contributed by atoms with van der Waals surface area (Å²) in [4.78, 5) is 26.3. The van der Waals surface area contributed by atoms with Crippen LogP contribution in [0, 0.1) is 11.8 Å². The van der Waals surface area contributed by atoms with E-state index in [1.54, 1.807) is 11.0 Å². The molecule has 0 atom stereocenters. The minimum Gasteiger partial charge on any atom is -0.492 e. The van der Waals surface area contributed by atoms with E-state index in [4.69, 9.17) is 9.47 Å².